The smallest absolute Gasteiger partial charge is 0.254 e. The number of hydrogen-bond acceptors (Lipinski definition) is 5. The van der Waals surface area contributed by atoms with Gasteiger partial charge in [-0.05, 0) is 17.7 Å². The summed E-state index contributed by atoms with van der Waals surface area (Å²) in [5.74, 6) is -0.281. The van der Waals surface area contributed by atoms with Crippen molar-refractivity contribution < 1.29 is 19.4 Å². The minimum atomic E-state index is -0.291. The van der Waals surface area contributed by atoms with Crippen LogP contribution in [0, 0.1) is 0 Å². The molecule has 3 atom stereocenters. The fourth-order valence-corrected chi connectivity index (χ4v) is 4.12. The molecule has 7 heteroatoms. The van der Waals surface area contributed by atoms with Crippen molar-refractivity contribution >= 4 is 11.8 Å². The predicted octanol–water partition coefficient (Wildman–Crippen LogP) is 1.55. The average Bonchev–Trinajstić information content (AvgIpc) is 2.73. The van der Waals surface area contributed by atoms with Gasteiger partial charge in [0.25, 0.3) is 5.91 Å². The first-order chi connectivity index (χ1) is 14.1. The third-order valence-corrected chi connectivity index (χ3v) is 5.47. The zero-order valence-electron chi connectivity index (χ0n) is 16.8. The maximum atomic E-state index is 13.1. The van der Waals surface area contributed by atoms with Crippen LogP contribution in [0.25, 0.3) is 0 Å². The van der Waals surface area contributed by atoms with Gasteiger partial charge >= 0.3 is 0 Å². The van der Waals surface area contributed by atoms with Gasteiger partial charge in [-0.15, -0.1) is 0 Å². The molecule has 3 rings (SSSR count). The van der Waals surface area contributed by atoms with E-state index in [2.05, 4.69) is 4.98 Å². The Labute approximate surface area is 170 Å². The van der Waals surface area contributed by atoms with Crippen molar-refractivity contribution in [2.75, 3.05) is 33.4 Å². The highest BCUT2D eigenvalue weighted by atomic mass is 16.5. The summed E-state index contributed by atoms with van der Waals surface area (Å²) in [5, 5.41) is 9.92. The standard InChI is InChI=1S/C22H27N3O4/c1-16(27)25-19(21(20(25)15-26)17-6-4-3-5-7-17)14-24(12-13-29-2)22(28)18-8-10-23-11-9-18/h3-11,19-21,26H,12-15H2,1-2H3/t19-,20-,21+/m1/s1. The quantitative estimate of drug-likeness (QED) is 0.731. The highest BCUT2D eigenvalue weighted by Gasteiger charge is 2.50. The molecule has 0 aliphatic carbocycles. The molecular weight excluding hydrogens is 370 g/mol. The molecule has 1 N–H and O–H groups in total. The van der Waals surface area contributed by atoms with Crippen LogP contribution < -0.4 is 0 Å². The van der Waals surface area contributed by atoms with Crippen LogP contribution in [0.1, 0.15) is 28.8 Å². The van der Waals surface area contributed by atoms with Gasteiger partial charge in [0.2, 0.25) is 5.91 Å². The van der Waals surface area contributed by atoms with Gasteiger partial charge in [0.05, 0.1) is 25.3 Å². The Morgan fingerprint density at radius 1 is 1.14 bits per heavy atom. The van der Waals surface area contributed by atoms with Crippen LogP contribution in [0.4, 0.5) is 0 Å². The number of amides is 2. The fourth-order valence-electron chi connectivity index (χ4n) is 4.12. The van der Waals surface area contributed by atoms with Crippen LogP contribution in [-0.4, -0.2) is 77.2 Å². The summed E-state index contributed by atoms with van der Waals surface area (Å²) in [4.78, 5) is 32.8. The first-order valence-electron chi connectivity index (χ1n) is 9.71. The number of pyridine rings is 1. The number of carbonyl (C=O) groups excluding carboxylic acids is 2. The van der Waals surface area contributed by atoms with E-state index < -0.39 is 0 Å². The molecule has 1 aliphatic rings. The van der Waals surface area contributed by atoms with E-state index in [1.165, 1.54) is 6.92 Å². The first kappa shape index (κ1) is 21.0. The highest BCUT2D eigenvalue weighted by molar-refractivity contribution is 5.94. The monoisotopic (exact) mass is 397 g/mol. The van der Waals surface area contributed by atoms with Crippen molar-refractivity contribution in [2.45, 2.75) is 24.9 Å². The maximum absolute atomic E-state index is 13.1. The Hall–Kier alpha value is -2.77. The highest BCUT2D eigenvalue weighted by Crippen LogP contribution is 2.41. The molecule has 154 valence electrons. The lowest BCUT2D eigenvalue weighted by Crippen LogP contribution is -2.68. The second-order valence-corrected chi connectivity index (χ2v) is 7.16. The second kappa shape index (κ2) is 9.62. The largest absolute Gasteiger partial charge is 0.394 e. The molecule has 7 nitrogen and oxygen atoms in total. The van der Waals surface area contributed by atoms with Crippen molar-refractivity contribution in [3.8, 4) is 0 Å². The minimum absolute atomic E-state index is 0.0413. The Morgan fingerprint density at radius 3 is 2.41 bits per heavy atom. The molecular formula is C22H27N3O4. The number of methoxy groups -OCH3 is 1. The van der Waals surface area contributed by atoms with Gasteiger partial charge < -0.3 is 19.6 Å². The molecule has 0 saturated carbocycles. The zero-order valence-corrected chi connectivity index (χ0v) is 16.8. The van der Waals surface area contributed by atoms with E-state index in [1.807, 2.05) is 30.3 Å². The van der Waals surface area contributed by atoms with Gasteiger partial charge in [-0.2, -0.15) is 0 Å². The second-order valence-electron chi connectivity index (χ2n) is 7.16. The fraction of sp³-hybridized carbons (Fsp3) is 0.409. The number of hydrogen-bond donors (Lipinski definition) is 1. The van der Waals surface area contributed by atoms with E-state index in [0.717, 1.165) is 5.56 Å². The van der Waals surface area contributed by atoms with Gasteiger partial charge in [0, 0.05) is 51.0 Å². The first-order valence-corrected chi connectivity index (χ1v) is 9.71. The molecule has 2 amide bonds. The number of aromatic nitrogens is 1. The maximum Gasteiger partial charge on any atom is 0.254 e. The number of aliphatic hydroxyl groups is 1. The predicted molar refractivity (Wildman–Crippen MR) is 108 cm³/mol. The topological polar surface area (TPSA) is 83.0 Å². The van der Waals surface area contributed by atoms with Crippen LogP contribution in [0.5, 0.6) is 0 Å². The molecule has 1 fully saturated rings. The van der Waals surface area contributed by atoms with E-state index in [9.17, 15) is 14.7 Å². The van der Waals surface area contributed by atoms with Crippen molar-refractivity contribution in [3.05, 3.63) is 66.0 Å². The van der Waals surface area contributed by atoms with Crippen LogP contribution in [0.3, 0.4) is 0 Å². The van der Waals surface area contributed by atoms with Crippen molar-refractivity contribution in [1.82, 2.24) is 14.8 Å². The van der Waals surface area contributed by atoms with Gasteiger partial charge in [-0.25, -0.2) is 0 Å². The number of ether oxygens (including phenoxy) is 1. The zero-order chi connectivity index (χ0) is 20.8. The number of benzene rings is 1. The van der Waals surface area contributed by atoms with Crippen molar-refractivity contribution in [1.29, 1.82) is 0 Å². The summed E-state index contributed by atoms with van der Waals surface area (Å²) in [7, 11) is 1.59. The van der Waals surface area contributed by atoms with Gasteiger partial charge in [0.1, 0.15) is 0 Å². The number of carbonyl (C=O) groups is 2. The van der Waals surface area contributed by atoms with Crippen LogP contribution in [0.2, 0.25) is 0 Å². The lowest BCUT2D eigenvalue weighted by molar-refractivity contribution is -0.149. The molecule has 0 radical (unpaired) electrons. The number of rotatable bonds is 8. The van der Waals surface area contributed by atoms with E-state index in [-0.39, 0.29) is 36.4 Å². The summed E-state index contributed by atoms with van der Waals surface area (Å²) in [6, 6.07) is 12.7. The third kappa shape index (κ3) is 4.46. The summed E-state index contributed by atoms with van der Waals surface area (Å²) in [5.41, 5.74) is 1.59. The molecule has 29 heavy (non-hydrogen) atoms. The van der Waals surface area contributed by atoms with Crippen LogP contribution in [0.15, 0.2) is 54.9 Å². The van der Waals surface area contributed by atoms with E-state index >= 15 is 0 Å². The molecule has 1 saturated heterocycles. The summed E-state index contributed by atoms with van der Waals surface area (Å²) in [6.07, 6.45) is 3.17. The molecule has 0 spiro atoms. The number of nitrogens with zero attached hydrogens (tertiary/aromatic N) is 3. The Bertz CT molecular complexity index is 815. The SMILES string of the molecule is COCCN(C[C@@H]1[C@H](c2ccccc2)[C@@H](CO)N1C(C)=O)C(=O)c1ccncc1. The summed E-state index contributed by atoms with van der Waals surface area (Å²) < 4.78 is 5.19. The molecule has 1 aromatic heterocycles. The molecule has 1 aromatic carbocycles. The molecule has 0 unspecified atom stereocenters. The Morgan fingerprint density at radius 2 is 1.83 bits per heavy atom. The lowest BCUT2D eigenvalue weighted by atomic mass is 9.74. The van der Waals surface area contributed by atoms with Gasteiger partial charge in [0.15, 0.2) is 0 Å². The van der Waals surface area contributed by atoms with Gasteiger partial charge in [-0.1, -0.05) is 30.3 Å². The molecule has 2 aromatic rings. The molecule has 0 bridgehead atoms. The normalized spacial score (nSPS) is 20.8. The Balaban J connectivity index is 1.88. The van der Waals surface area contributed by atoms with Crippen molar-refractivity contribution in [3.63, 3.8) is 0 Å². The molecule has 1 aliphatic heterocycles. The van der Waals surface area contributed by atoms with E-state index in [4.69, 9.17) is 4.74 Å². The van der Waals surface area contributed by atoms with Crippen molar-refractivity contribution in [2.24, 2.45) is 0 Å². The van der Waals surface area contributed by atoms with E-state index in [0.29, 0.717) is 25.3 Å². The van der Waals surface area contributed by atoms with Crippen LogP contribution in [-0.2, 0) is 9.53 Å². The van der Waals surface area contributed by atoms with E-state index in [1.54, 1.807) is 41.4 Å². The third-order valence-electron chi connectivity index (χ3n) is 5.47. The average molecular weight is 397 g/mol. The summed E-state index contributed by atoms with van der Waals surface area (Å²) >= 11 is 0. The number of likely N-dealkylation sites (tertiary alicyclic amines) is 1. The minimum Gasteiger partial charge on any atom is -0.394 e. The number of aliphatic hydroxyl groups excluding tert-OH is 1. The lowest BCUT2D eigenvalue weighted by Gasteiger charge is -2.55. The Kier molecular flexibility index (Phi) is 6.95. The van der Waals surface area contributed by atoms with Crippen LogP contribution >= 0.6 is 0 Å². The van der Waals surface area contributed by atoms with Gasteiger partial charge in [-0.3, -0.25) is 14.6 Å². The summed E-state index contributed by atoms with van der Waals surface area (Å²) in [6.45, 7) is 2.54. The molecule has 2 heterocycles.